The summed E-state index contributed by atoms with van der Waals surface area (Å²) < 4.78 is 33.0. The first-order valence-electron chi connectivity index (χ1n) is 12.8. The Hall–Kier alpha value is -2.78. The molecule has 2 fully saturated rings. The van der Waals surface area contributed by atoms with E-state index in [1.807, 2.05) is 36.4 Å². The third kappa shape index (κ3) is 6.92. The van der Waals surface area contributed by atoms with Gasteiger partial charge in [0.2, 0.25) is 6.29 Å². The summed E-state index contributed by atoms with van der Waals surface area (Å²) in [4.78, 5) is 0. The second kappa shape index (κ2) is 13.3. The number of hydrogen-bond donors (Lipinski definition) is 6. The van der Waals surface area contributed by atoms with Crippen molar-refractivity contribution in [1.29, 1.82) is 0 Å². The molecule has 0 radical (unpaired) electrons. The van der Waals surface area contributed by atoms with Crippen LogP contribution in [0, 0.1) is 0 Å². The molecule has 0 spiro atoms. The lowest BCUT2D eigenvalue weighted by Crippen LogP contribution is -2.61. The first-order valence-corrected chi connectivity index (χ1v) is 12.8. The van der Waals surface area contributed by atoms with Crippen LogP contribution in [0.4, 0.5) is 0 Å². The van der Waals surface area contributed by atoms with E-state index in [1.165, 1.54) is 14.0 Å². The normalized spacial score (nSPS) is 34.5. The van der Waals surface area contributed by atoms with Gasteiger partial charge in [0.25, 0.3) is 0 Å². The molecular formula is C28H36O12. The van der Waals surface area contributed by atoms with E-state index in [2.05, 4.69) is 0 Å². The van der Waals surface area contributed by atoms with Crippen molar-refractivity contribution in [2.45, 2.75) is 68.3 Å². The minimum Gasteiger partial charge on any atom is -0.497 e. The summed E-state index contributed by atoms with van der Waals surface area (Å²) in [6.07, 6.45) is -10.2. The van der Waals surface area contributed by atoms with E-state index in [9.17, 15) is 30.6 Å². The molecule has 4 rings (SSSR count). The molecule has 12 heteroatoms. The first kappa shape index (κ1) is 30.2. The average molecular weight is 565 g/mol. The van der Waals surface area contributed by atoms with Gasteiger partial charge in [-0.2, -0.15) is 0 Å². The van der Waals surface area contributed by atoms with E-state index in [1.54, 1.807) is 25.3 Å². The zero-order valence-electron chi connectivity index (χ0n) is 22.3. The first-order chi connectivity index (χ1) is 19.1. The van der Waals surface area contributed by atoms with Crippen LogP contribution in [0.1, 0.15) is 18.1 Å². The van der Waals surface area contributed by atoms with E-state index in [0.29, 0.717) is 11.3 Å². The predicted molar refractivity (Wildman–Crippen MR) is 141 cm³/mol. The van der Waals surface area contributed by atoms with Gasteiger partial charge in [0.1, 0.15) is 60.0 Å². The number of aliphatic hydroxyl groups is 6. The van der Waals surface area contributed by atoms with Crippen molar-refractivity contribution in [1.82, 2.24) is 0 Å². The maximum atomic E-state index is 10.6. The van der Waals surface area contributed by atoms with E-state index in [0.717, 1.165) is 11.3 Å². The van der Waals surface area contributed by atoms with Crippen molar-refractivity contribution in [3.05, 3.63) is 53.6 Å². The number of benzene rings is 2. The Morgan fingerprint density at radius 2 is 1.25 bits per heavy atom. The number of ether oxygens (including phenoxy) is 6. The highest BCUT2D eigenvalue weighted by Crippen LogP contribution is 2.30. The Bertz CT molecular complexity index is 1120. The van der Waals surface area contributed by atoms with Crippen molar-refractivity contribution < 1.29 is 59.1 Å². The summed E-state index contributed by atoms with van der Waals surface area (Å²) in [5.41, 5.74) is 1.65. The van der Waals surface area contributed by atoms with Gasteiger partial charge < -0.3 is 59.1 Å². The fourth-order valence-corrected chi connectivity index (χ4v) is 4.41. The minimum atomic E-state index is -1.64. The molecule has 0 aromatic heterocycles. The summed E-state index contributed by atoms with van der Waals surface area (Å²) in [6, 6.07) is 12.5. The van der Waals surface area contributed by atoms with Gasteiger partial charge >= 0.3 is 0 Å². The Kier molecular flexibility index (Phi) is 10.0. The summed E-state index contributed by atoms with van der Waals surface area (Å²) in [5.74, 6) is 1.47. The summed E-state index contributed by atoms with van der Waals surface area (Å²) in [7, 11) is 3.09. The molecule has 0 bridgehead atoms. The standard InChI is InChI=1S/C28H36O12/c1-14-21(29)23(31)25(33)27(38-14)37-13-20-22(30)24(32)26(34)28(40-20)39-19-11-16(10-18(12-19)36-3)5-4-15-6-8-17(35-2)9-7-15/h4-12,14,20-34H,13H2,1-3H3/b5-4+/t14-,20+,21-,22+,23+,24-,25+,26+,27+,28+/m0/s1. The minimum absolute atomic E-state index is 0.262. The molecule has 2 saturated heterocycles. The maximum absolute atomic E-state index is 10.6. The fourth-order valence-electron chi connectivity index (χ4n) is 4.41. The van der Waals surface area contributed by atoms with Gasteiger partial charge in [-0.3, -0.25) is 0 Å². The topological polar surface area (TPSA) is 177 Å². The van der Waals surface area contributed by atoms with E-state index in [-0.39, 0.29) is 5.75 Å². The molecule has 2 aliphatic rings. The molecule has 12 nitrogen and oxygen atoms in total. The van der Waals surface area contributed by atoms with Gasteiger partial charge in [-0.1, -0.05) is 24.3 Å². The van der Waals surface area contributed by atoms with Crippen LogP contribution >= 0.6 is 0 Å². The molecule has 0 saturated carbocycles. The highest BCUT2D eigenvalue weighted by molar-refractivity contribution is 5.71. The zero-order valence-corrected chi connectivity index (χ0v) is 22.3. The number of hydrogen-bond acceptors (Lipinski definition) is 12. The van der Waals surface area contributed by atoms with Gasteiger partial charge in [-0.25, -0.2) is 0 Å². The summed E-state index contributed by atoms with van der Waals surface area (Å²) in [5, 5.41) is 61.5. The van der Waals surface area contributed by atoms with Crippen molar-refractivity contribution in [3.8, 4) is 17.2 Å². The third-order valence-corrected chi connectivity index (χ3v) is 6.88. The van der Waals surface area contributed by atoms with Gasteiger partial charge in [0, 0.05) is 6.07 Å². The summed E-state index contributed by atoms with van der Waals surface area (Å²) in [6.45, 7) is 1.11. The number of rotatable bonds is 9. The van der Waals surface area contributed by atoms with Crippen molar-refractivity contribution in [3.63, 3.8) is 0 Å². The van der Waals surface area contributed by atoms with E-state index in [4.69, 9.17) is 28.4 Å². The molecule has 40 heavy (non-hydrogen) atoms. The Morgan fingerprint density at radius 1 is 0.650 bits per heavy atom. The SMILES string of the molecule is COc1ccc(/C=C/c2cc(OC)cc(O[C@@H]3O[C@H](CO[C@@H]4O[C@@H](C)[C@H](O)[C@@H](O)[C@H]4O)[C@@H](O)[C@H](O)[C@H]3O)c2)cc1. The average Bonchev–Trinajstić information content (AvgIpc) is 2.97. The highest BCUT2D eigenvalue weighted by atomic mass is 16.7. The number of methoxy groups -OCH3 is 2. The maximum Gasteiger partial charge on any atom is 0.229 e. The third-order valence-electron chi connectivity index (χ3n) is 6.88. The highest BCUT2D eigenvalue weighted by Gasteiger charge is 2.47. The lowest BCUT2D eigenvalue weighted by Gasteiger charge is -2.42. The van der Waals surface area contributed by atoms with Crippen molar-refractivity contribution in [2.75, 3.05) is 20.8 Å². The van der Waals surface area contributed by atoms with Crippen molar-refractivity contribution in [2.24, 2.45) is 0 Å². The molecule has 10 atom stereocenters. The van der Waals surface area contributed by atoms with Crippen LogP contribution in [0.25, 0.3) is 12.2 Å². The second-order valence-electron chi connectivity index (χ2n) is 9.70. The van der Waals surface area contributed by atoms with E-state index < -0.39 is 68.0 Å². The molecule has 0 unspecified atom stereocenters. The van der Waals surface area contributed by atoms with Crippen LogP contribution in [0.15, 0.2) is 42.5 Å². The van der Waals surface area contributed by atoms with Crippen LogP contribution < -0.4 is 14.2 Å². The van der Waals surface area contributed by atoms with Gasteiger partial charge in [0.05, 0.1) is 26.9 Å². The van der Waals surface area contributed by atoms with Crippen LogP contribution in [0.2, 0.25) is 0 Å². The molecule has 0 amide bonds. The molecule has 220 valence electrons. The molecule has 2 aromatic carbocycles. The molecule has 6 N–H and O–H groups in total. The van der Waals surface area contributed by atoms with Crippen LogP contribution in [0.3, 0.4) is 0 Å². The number of aliphatic hydroxyl groups excluding tert-OH is 6. The van der Waals surface area contributed by atoms with Gasteiger partial charge in [0.15, 0.2) is 6.29 Å². The second-order valence-corrected chi connectivity index (χ2v) is 9.70. The monoisotopic (exact) mass is 564 g/mol. The van der Waals surface area contributed by atoms with Gasteiger partial charge in [-0.15, -0.1) is 0 Å². The molecular weight excluding hydrogens is 528 g/mol. The fraction of sp³-hybridized carbons (Fsp3) is 0.500. The smallest absolute Gasteiger partial charge is 0.229 e. The quantitative estimate of drug-likeness (QED) is 0.223. The molecule has 2 aliphatic heterocycles. The lowest BCUT2D eigenvalue weighted by atomic mass is 9.98. The Labute approximate surface area is 231 Å². The summed E-state index contributed by atoms with van der Waals surface area (Å²) >= 11 is 0. The lowest BCUT2D eigenvalue weighted by molar-refractivity contribution is -0.318. The van der Waals surface area contributed by atoms with Crippen LogP contribution in [0.5, 0.6) is 17.2 Å². The van der Waals surface area contributed by atoms with Crippen molar-refractivity contribution >= 4 is 12.2 Å². The molecule has 2 aromatic rings. The van der Waals surface area contributed by atoms with Crippen LogP contribution in [-0.4, -0.2) is 113 Å². The van der Waals surface area contributed by atoms with Crippen LogP contribution in [-0.2, 0) is 14.2 Å². The molecule has 0 aliphatic carbocycles. The van der Waals surface area contributed by atoms with E-state index >= 15 is 0 Å². The Morgan fingerprint density at radius 3 is 1.93 bits per heavy atom. The predicted octanol–water partition coefficient (Wildman–Crippen LogP) is -0.0953. The Balaban J connectivity index is 1.45. The zero-order chi connectivity index (χ0) is 29.0. The largest absolute Gasteiger partial charge is 0.497 e. The van der Waals surface area contributed by atoms with Gasteiger partial charge in [-0.05, 0) is 42.3 Å². The molecule has 2 heterocycles.